The van der Waals surface area contributed by atoms with Crippen LogP contribution < -0.4 is 19.8 Å². The molecule has 4 aromatic rings. The molecule has 0 spiro atoms. The van der Waals surface area contributed by atoms with Gasteiger partial charge in [0.15, 0.2) is 0 Å². The molecular formula is C32H34N2O4. The third-order valence-electron chi connectivity index (χ3n) is 7.93. The zero-order valence-electron chi connectivity index (χ0n) is 22.2. The Labute approximate surface area is 223 Å². The molecule has 3 aromatic carbocycles. The average molecular weight is 511 g/mol. The standard InChI is InChI=1S/C32H34N2O4/c1-36-25-11-14-27-22(20-25)6-13-29-28-15-12-26(37-2)21-30(28)32(35)34(31(27)29)23-7-9-24(10-8-23)38-19-18-33-16-4-3-5-17-33/h7-12,14-15,20-21H,3-6,13,16-19H2,1-2H3. The maximum absolute atomic E-state index is 14.1. The van der Waals surface area contributed by atoms with E-state index in [1.165, 1.54) is 30.4 Å². The normalized spacial score (nSPS) is 15.1. The maximum Gasteiger partial charge on any atom is 0.263 e. The highest BCUT2D eigenvalue weighted by Crippen LogP contribution is 2.39. The zero-order valence-corrected chi connectivity index (χ0v) is 22.2. The third kappa shape index (κ3) is 4.54. The van der Waals surface area contributed by atoms with Gasteiger partial charge in [-0.15, -0.1) is 0 Å². The van der Waals surface area contributed by atoms with Gasteiger partial charge in [-0.05, 0) is 110 Å². The Balaban J connectivity index is 1.41. The number of benzene rings is 3. The van der Waals surface area contributed by atoms with Crippen LogP contribution in [0.1, 0.15) is 30.4 Å². The third-order valence-corrected chi connectivity index (χ3v) is 7.93. The van der Waals surface area contributed by atoms with Crippen molar-refractivity contribution in [3.05, 3.63) is 82.1 Å². The van der Waals surface area contributed by atoms with Gasteiger partial charge >= 0.3 is 0 Å². The van der Waals surface area contributed by atoms with Crippen molar-refractivity contribution in [2.24, 2.45) is 0 Å². The summed E-state index contributed by atoms with van der Waals surface area (Å²) >= 11 is 0. The monoisotopic (exact) mass is 510 g/mol. The van der Waals surface area contributed by atoms with E-state index in [0.29, 0.717) is 17.7 Å². The molecule has 1 aliphatic heterocycles. The number of rotatable bonds is 7. The van der Waals surface area contributed by atoms with E-state index in [1.807, 2.05) is 53.1 Å². The fourth-order valence-corrected chi connectivity index (χ4v) is 5.92. The Bertz CT molecular complexity index is 1520. The smallest absolute Gasteiger partial charge is 0.263 e. The molecule has 0 amide bonds. The summed E-state index contributed by atoms with van der Waals surface area (Å²) in [4.78, 5) is 16.6. The Hall–Kier alpha value is -3.77. The van der Waals surface area contributed by atoms with Gasteiger partial charge in [0.1, 0.15) is 23.9 Å². The summed E-state index contributed by atoms with van der Waals surface area (Å²) in [6.45, 7) is 3.94. The van der Waals surface area contributed by atoms with Crippen molar-refractivity contribution in [1.29, 1.82) is 0 Å². The van der Waals surface area contributed by atoms with Crippen LogP contribution >= 0.6 is 0 Å². The summed E-state index contributed by atoms with van der Waals surface area (Å²) in [5.41, 5.74) is 5.17. The Morgan fingerprint density at radius 3 is 2.24 bits per heavy atom. The van der Waals surface area contributed by atoms with E-state index in [2.05, 4.69) is 17.0 Å². The molecule has 6 heteroatoms. The highest BCUT2D eigenvalue weighted by Gasteiger charge is 2.25. The number of hydrogen-bond acceptors (Lipinski definition) is 5. The van der Waals surface area contributed by atoms with Crippen molar-refractivity contribution in [3.63, 3.8) is 0 Å². The minimum Gasteiger partial charge on any atom is -0.497 e. The number of hydrogen-bond donors (Lipinski definition) is 0. The quantitative estimate of drug-likeness (QED) is 0.322. The van der Waals surface area contributed by atoms with Crippen LogP contribution in [0.5, 0.6) is 17.2 Å². The number of aryl methyl sites for hydroxylation is 2. The van der Waals surface area contributed by atoms with E-state index in [4.69, 9.17) is 14.2 Å². The van der Waals surface area contributed by atoms with E-state index in [9.17, 15) is 4.79 Å². The molecule has 1 aliphatic carbocycles. The first-order chi connectivity index (χ1) is 18.7. The number of piperidine rings is 1. The number of aromatic nitrogens is 1. The maximum atomic E-state index is 14.1. The number of pyridine rings is 1. The van der Waals surface area contributed by atoms with Crippen LogP contribution in [0.4, 0.5) is 0 Å². The van der Waals surface area contributed by atoms with E-state index in [0.717, 1.165) is 66.3 Å². The Morgan fingerprint density at radius 2 is 1.47 bits per heavy atom. The van der Waals surface area contributed by atoms with Gasteiger partial charge in [-0.2, -0.15) is 0 Å². The number of fused-ring (bicyclic) bond motifs is 5. The molecule has 0 bridgehead atoms. The lowest BCUT2D eigenvalue weighted by Crippen LogP contribution is -2.33. The predicted molar refractivity (Wildman–Crippen MR) is 151 cm³/mol. The van der Waals surface area contributed by atoms with Gasteiger partial charge in [-0.25, -0.2) is 0 Å². The molecule has 2 heterocycles. The topological polar surface area (TPSA) is 52.9 Å². The highest BCUT2D eigenvalue weighted by atomic mass is 16.5. The highest BCUT2D eigenvalue weighted by molar-refractivity contribution is 5.93. The molecule has 0 saturated carbocycles. The van der Waals surface area contributed by atoms with Gasteiger partial charge in [-0.1, -0.05) is 12.5 Å². The van der Waals surface area contributed by atoms with Gasteiger partial charge in [-0.3, -0.25) is 14.3 Å². The number of ether oxygens (including phenoxy) is 3. The lowest BCUT2D eigenvalue weighted by Gasteiger charge is -2.26. The van der Waals surface area contributed by atoms with Gasteiger partial charge in [0.2, 0.25) is 0 Å². The number of likely N-dealkylation sites (tertiary alicyclic amines) is 1. The summed E-state index contributed by atoms with van der Waals surface area (Å²) in [7, 11) is 3.32. The molecule has 6 rings (SSSR count). The van der Waals surface area contributed by atoms with E-state index < -0.39 is 0 Å². The first-order valence-corrected chi connectivity index (χ1v) is 13.5. The van der Waals surface area contributed by atoms with Gasteiger partial charge < -0.3 is 14.2 Å². The first kappa shape index (κ1) is 24.6. The van der Waals surface area contributed by atoms with Gasteiger partial charge in [0.25, 0.3) is 5.56 Å². The fourth-order valence-electron chi connectivity index (χ4n) is 5.92. The van der Waals surface area contributed by atoms with Gasteiger partial charge in [0, 0.05) is 17.8 Å². The average Bonchev–Trinajstić information content (AvgIpc) is 2.97. The summed E-state index contributed by atoms with van der Waals surface area (Å²) < 4.78 is 18.9. The second-order valence-electron chi connectivity index (χ2n) is 10.1. The van der Waals surface area contributed by atoms with Crippen LogP contribution in [0.25, 0.3) is 27.7 Å². The molecule has 0 atom stereocenters. The van der Waals surface area contributed by atoms with Crippen LogP contribution in [0.2, 0.25) is 0 Å². The molecule has 1 saturated heterocycles. The van der Waals surface area contributed by atoms with Crippen LogP contribution in [-0.4, -0.2) is 49.9 Å². The van der Waals surface area contributed by atoms with E-state index in [-0.39, 0.29) is 5.56 Å². The van der Waals surface area contributed by atoms with Gasteiger partial charge in [0.05, 0.1) is 25.3 Å². The molecule has 0 unspecified atom stereocenters. The SMILES string of the molecule is COc1ccc2c(c1)CCc1c-2n(-c2ccc(OCCN3CCCCC3)cc2)c(=O)c2cc(OC)ccc12. The summed E-state index contributed by atoms with van der Waals surface area (Å²) in [6, 6.07) is 19.9. The molecule has 0 radical (unpaired) electrons. The van der Waals surface area contributed by atoms with Crippen molar-refractivity contribution < 1.29 is 14.2 Å². The second kappa shape index (κ2) is 10.5. The molecule has 1 fully saturated rings. The fraction of sp³-hybridized carbons (Fsp3) is 0.344. The molecular weight excluding hydrogens is 476 g/mol. The van der Waals surface area contributed by atoms with Crippen LogP contribution in [0, 0.1) is 0 Å². The lowest BCUT2D eigenvalue weighted by atomic mass is 9.85. The number of methoxy groups -OCH3 is 2. The first-order valence-electron chi connectivity index (χ1n) is 13.5. The molecule has 1 aromatic heterocycles. The van der Waals surface area contributed by atoms with E-state index in [1.54, 1.807) is 14.2 Å². The lowest BCUT2D eigenvalue weighted by molar-refractivity contribution is 0.183. The van der Waals surface area contributed by atoms with Crippen LogP contribution in [0.3, 0.4) is 0 Å². The molecule has 2 aliphatic rings. The largest absolute Gasteiger partial charge is 0.497 e. The second-order valence-corrected chi connectivity index (χ2v) is 10.1. The molecule has 196 valence electrons. The summed E-state index contributed by atoms with van der Waals surface area (Å²) in [5, 5.41) is 1.66. The molecule has 0 N–H and O–H groups in total. The van der Waals surface area contributed by atoms with Crippen LogP contribution in [0.15, 0.2) is 65.5 Å². The Kier molecular flexibility index (Phi) is 6.81. The Morgan fingerprint density at radius 1 is 0.763 bits per heavy atom. The predicted octanol–water partition coefficient (Wildman–Crippen LogP) is 5.64. The van der Waals surface area contributed by atoms with E-state index >= 15 is 0 Å². The van der Waals surface area contributed by atoms with Crippen molar-refractivity contribution >= 4 is 10.8 Å². The van der Waals surface area contributed by atoms with Crippen molar-refractivity contribution in [2.75, 3.05) is 40.5 Å². The molecule has 38 heavy (non-hydrogen) atoms. The van der Waals surface area contributed by atoms with Crippen molar-refractivity contribution in [3.8, 4) is 34.2 Å². The van der Waals surface area contributed by atoms with Crippen LogP contribution in [-0.2, 0) is 12.8 Å². The van der Waals surface area contributed by atoms with Crippen molar-refractivity contribution in [1.82, 2.24) is 9.47 Å². The molecule has 6 nitrogen and oxygen atoms in total. The summed E-state index contributed by atoms with van der Waals surface area (Å²) in [5.74, 6) is 2.33. The van der Waals surface area contributed by atoms with Crippen molar-refractivity contribution in [2.45, 2.75) is 32.1 Å². The zero-order chi connectivity index (χ0) is 26.1. The summed E-state index contributed by atoms with van der Waals surface area (Å²) in [6.07, 6.45) is 5.63. The minimum absolute atomic E-state index is 0.0555. The number of nitrogens with zero attached hydrogens (tertiary/aromatic N) is 2. The minimum atomic E-state index is -0.0555.